The van der Waals surface area contributed by atoms with E-state index in [1.807, 2.05) is 0 Å². The van der Waals surface area contributed by atoms with Crippen molar-refractivity contribution in [2.75, 3.05) is 12.4 Å². The van der Waals surface area contributed by atoms with Gasteiger partial charge in [0.15, 0.2) is 16.6 Å². The van der Waals surface area contributed by atoms with Crippen molar-refractivity contribution in [3.05, 3.63) is 39.3 Å². The lowest BCUT2D eigenvalue weighted by molar-refractivity contribution is 0.0595. The molecule has 8 heteroatoms. The van der Waals surface area contributed by atoms with Crippen molar-refractivity contribution in [1.82, 2.24) is 4.98 Å². The Labute approximate surface area is 119 Å². The minimum Gasteiger partial charge on any atom is -0.464 e. The van der Waals surface area contributed by atoms with Crippen LogP contribution in [0.15, 0.2) is 22.0 Å². The van der Waals surface area contributed by atoms with Crippen LogP contribution in [0.2, 0.25) is 0 Å². The number of hydrogen-bond donors (Lipinski definition) is 1. The van der Waals surface area contributed by atoms with E-state index in [1.165, 1.54) is 12.5 Å². The number of carbonyl (C=O) groups is 1. The lowest BCUT2D eigenvalue weighted by atomic mass is 10.3. The fourth-order valence-electron chi connectivity index (χ4n) is 1.30. The van der Waals surface area contributed by atoms with Crippen LogP contribution < -0.4 is 5.32 Å². The predicted octanol–water partition coefficient (Wildman–Crippen LogP) is 3.71. The van der Waals surface area contributed by atoms with Gasteiger partial charge >= 0.3 is 5.97 Å². The molecule has 0 unspecified atom stereocenters. The fourth-order valence-corrected chi connectivity index (χ4v) is 2.49. The Morgan fingerprint density at radius 3 is 2.84 bits per heavy atom. The molecule has 2 aromatic rings. The number of ether oxygens (including phenoxy) is 1. The molecule has 0 fully saturated rings. The van der Waals surface area contributed by atoms with Gasteiger partial charge in [0.1, 0.15) is 5.82 Å². The summed E-state index contributed by atoms with van der Waals surface area (Å²) in [7, 11) is 1.24. The van der Waals surface area contributed by atoms with Gasteiger partial charge in [0.2, 0.25) is 0 Å². The van der Waals surface area contributed by atoms with Gasteiger partial charge in [-0.1, -0.05) is 0 Å². The van der Waals surface area contributed by atoms with Crippen molar-refractivity contribution in [2.24, 2.45) is 0 Å². The molecule has 0 amide bonds. The molecule has 2 rings (SSSR count). The summed E-state index contributed by atoms with van der Waals surface area (Å²) in [4.78, 5) is 15.2. The monoisotopic (exact) mass is 348 g/mol. The molecule has 0 aliphatic heterocycles. The van der Waals surface area contributed by atoms with Gasteiger partial charge in [-0.15, -0.1) is 11.3 Å². The van der Waals surface area contributed by atoms with Crippen LogP contribution in [0.3, 0.4) is 0 Å². The van der Waals surface area contributed by atoms with Crippen molar-refractivity contribution in [3.63, 3.8) is 0 Å². The second-order valence-corrected chi connectivity index (χ2v) is 5.11. The van der Waals surface area contributed by atoms with Gasteiger partial charge in [-0.2, -0.15) is 0 Å². The van der Waals surface area contributed by atoms with Crippen LogP contribution in [0.25, 0.3) is 0 Å². The summed E-state index contributed by atoms with van der Waals surface area (Å²) in [5.74, 6) is -2.03. The van der Waals surface area contributed by atoms with E-state index in [4.69, 9.17) is 0 Å². The number of carbonyl (C=O) groups excluding carboxylic acids is 1. The number of nitrogens with one attached hydrogen (secondary N) is 1. The largest absolute Gasteiger partial charge is 0.464 e. The average molecular weight is 349 g/mol. The van der Waals surface area contributed by atoms with E-state index < -0.39 is 17.6 Å². The predicted molar refractivity (Wildman–Crippen MR) is 70.8 cm³/mol. The zero-order valence-electron chi connectivity index (χ0n) is 9.54. The normalized spacial score (nSPS) is 10.3. The molecule has 0 saturated heterocycles. The van der Waals surface area contributed by atoms with Crippen molar-refractivity contribution in [2.45, 2.75) is 0 Å². The Hall–Kier alpha value is -1.54. The molecule has 4 nitrogen and oxygen atoms in total. The van der Waals surface area contributed by atoms with Gasteiger partial charge in [-0.05, 0) is 22.0 Å². The molecule has 0 spiro atoms. The third kappa shape index (κ3) is 3.07. The second-order valence-electron chi connectivity index (χ2n) is 3.40. The zero-order valence-corrected chi connectivity index (χ0v) is 11.9. The highest BCUT2D eigenvalue weighted by molar-refractivity contribution is 9.10. The Bertz CT molecular complexity index is 610. The Morgan fingerprint density at radius 2 is 2.21 bits per heavy atom. The third-order valence-electron chi connectivity index (χ3n) is 2.14. The van der Waals surface area contributed by atoms with Gasteiger partial charge in [-0.3, -0.25) is 0 Å². The molecule has 0 aliphatic rings. The molecule has 0 bridgehead atoms. The highest BCUT2D eigenvalue weighted by Gasteiger charge is 2.14. The van der Waals surface area contributed by atoms with E-state index in [0.29, 0.717) is 5.13 Å². The molecule has 0 radical (unpaired) electrons. The summed E-state index contributed by atoms with van der Waals surface area (Å²) in [5.41, 5.74) is 0.167. The van der Waals surface area contributed by atoms with Crippen LogP contribution in [0.5, 0.6) is 0 Å². The molecule has 0 saturated carbocycles. The third-order valence-corrected chi connectivity index (χ3v) is 3.52. The number of aromatic nitrogens is 1. The number of thiazole rings is 1. The summed E-state index contributed by atoms with van der Waals surface area (Å²) < 4.78 is 31.2. The van der Waals surface area contributed by atoms with Gasteiger partial charge in [-0.25, -0.2) is 18.6 Å². The SMILES string of the molecule is COC(=O)c1csc(Nc2c(F)cc(F)cc2Br)n1. The topological polar surface area (TPSA) is 51.2 Å². The first kappa shape index (κ1) is 13.9. The average Bonchev–Trinajstić information content (AvgIpc) is 2.81. The smallest absolute Gasteiger partial charge is 0.357 e. The lowest BCUT2D eigenvalue weighted by Crippen LogP contribution is -2.02. The Balaban J connectivity index is 2.27. The molecule has 100 valence electrons. The number of nitrogens with zero attached hydrogens (tertiary/aromatic N) is 1. The molecule has 1 N–H and O–H groups in total. The molecule has 1 aromatic carbocycles. The summed E-state index contributed by atoms with van der Waals surface area (Å²) in [6, 6.07) is 1.88. The number of benzene rings is 1. The first-order chi connectivity index (χ1) is 9.01. The van der Waals surface area contributed by atoms with Crippen LogP contribution >= 0.6 is 27.3 Å². The van der Waals surface area contributed by atoms with Crippen LogP contribution in [0.1, 0.15) is 10.5 Å². The van der Waals surface area contributed by atoms with Crippen molar-refractivity contribution in [1.29, 1.82) is 0 Å². The molecule has 1 heterocycles. The van der Waals surface area contributed by atoms with E-state index >= 15 is 0 Å². The maximum atomic E-state index is 13.6. The van der Waals surface area contributed by atoms with Gasteiger partial charge in [0.25, 0.3) is 0 Å². The lowest BCUT2D eigenvalue weighted by Gasteiger charge is -2.06. The summed E-state index contributed by atoms with van der Waals surface area (Å²) in [6.07, 6.45) is 0. The van der Waals surface area contributed by atoms with Crippen LogP contribution in [0.4, 0.5) is 19.6 Å². The number of rotatable bonds is 3. The van der Waals surface area contributed by atoms with Crippen molar-refractivity contribution < 1.29 is 18.3 Å². The summed E-state index contributed by atoms with van der Waals surface area (Å²) in [5, 5.41) is 4.45. The van der Waals surface area contributed by atoms with E-state index in [2.05, 4.69) is 31.0 Å². The van der Waals surface area contributed by atoms with Crippen molar-refractivity contribution in [3.8, 4) is 0 Å². The molecule has 0 atom stereocenters. The summed E-state index contributed by atoms with van der Waals surface area (Å²) in [6.45, 7) is 0. The van der Waals surface area contributed by atoms with E-state index in [0.717, 1.165) is 23.5 Å². The fraction of sp³-hybridized carbons (Fsp3) is 0.0909. The quantitative estimate of drug-likeness (QED) is 0.859. The van der Waals surface area contributed by atoms with E-state index in [-0.39, 0.29) is 15.9 Å². The first-order valence-electron chi connectivity index (χ1n) is 4.96. The highest BCUT2D eigenvalue weighted by Crippen LogP contribution is 2.31. The second kappa shape index (κ2) is 5.62. The standard InChI is InChI=1S/C11H7BrF2N2O2S/c1-18-10(17)8-4-19-11(15-8)16-9-6(12)2-5(13)3-7(9)14/h2-4H,1H3,(H,15,16). The maximum absolute atomic E-state index is 13.6. The van der Waals surface area contributed by atoms with Gasteiger partial charge in [0, 0.05) is 15.9 Å². The number of anilines is 2. The number of esters is 1. The maximum Gasteiger partial charge on any atom is 0.357 e. The van der Waals surface area contributed by atoms with Crippen LogP contribution in [-0.4, -0.2) is 18.1 Å². The zero-order chi connectivity index (χ0) is 14.0. The van der Waals surface area contributed by atoms with Gasteiger partial charge in [0.05, 0.1) is 12.8 Å². The highest BCUT2D eigenvalue weighted by atomic mass is 79.9. The van der Waals surface area contributed by atoms with Crippen molar-refractivity contribution >= 4 is 44.1 Å². The first-order valence-corrected chi connectivity index (χ1v) is 6.64. The number of methoxy groups -OCH3 is 1. The van der Waals surface area contributed by atoms with Gasteiger partial charge < -0.3 is 10.1 Å². The van der Waals surface area contributed by atoms with Crippen LogP contribution in [0, 0.1) is 11.6 Å². The summed E-state index contributed by atoms with van der Waals surface area (Å²) >= 11 is 4.15. The Morgan fingerprint density at radius 1 is 1.47 bits per heavy atom. The number of halogens is 3. The van der Waals surface area contributed by atoms with Crippen LogP contribution in [-0.2, 0) is 4.74 Å². The molecular weight excluding hydrogens is 342 g/mol. The molecular formula is C11H7BrF2N2O2S. The number of hydrogen-bond acceptors (Lipinski definition) is 5. The molecule has 19 heavy (non-hydrogen) atoms. The minimum absolute atomic E-state index is 0.0483. The van der Waals surface area contributed by atoms with E-state index in [1.54, 1.807) is 0 Å². The molecule has 0 aliphatic carbocycles. The Kier molecular flexibility index (Phi) is 4.11. The molecule has 1 aromatic heterocycles. The van der Waals surface area contributed by atoms with E-state index in [9.17, 15) is 13.6 Å². The minimum atomic E-state index is -0.762.